The maximum atomic E-state index is 12.4. The Labute approximate surface area is 152 Å². The van der Waals surface area contributed by atoms with Gasteiger partial charge in [0.25, 0.3) is 0 Å². The highest BCUT2D eigenvalue weighted by Gasteiger charge is 2.51. The molecule has 2 saturated heterocycles. The molecular weight excluding hydrogens is 344 g/mol. The Balaban J connectivity index is 1.74. The van der Waals surface area contributed by atoms with Crippen LogP contribution in [-0.4, -0.2) is 49.3 Å². The molecular formula is C18H23ClN2O4. The van der Waals surface area contributed by atoms with Gasteiger partial charge in [0.05, 0.1) is 17.8 Å². The lowest BCUT2D eigenvalue weighted by Crippen LogP contribution is -2.53. The van der Waals surface area contributed by atoms with Gasteiger partial charge in [0.1, 0.15) is 12.0 Å². The minimum Gasteiger partial charge on any atom is -0.469 e. The van der Waals surface area contributed by atoms with Crippen molar-refractivity contribution in [2.75, 3.05) is 19.5 Å². The highest BCUT2D eigenvalue weighted by Crippen LogP contribution is 2.40. The maximum absolute atomic E-state index is 12.4. The zero-order valence-electron chi connectivity index (χ0n) is 14.6. The molecule has 0 radical (unpaired) electrons. The molecule has 6 nitrogen and oxygen atoms in total. The number of carbonyl (C=O) groups excluding carboxylic acids is 2. The van der Waals surface area contributed by atoms with E-state index < -0.39 is 18.1 Å². The van der Waals surface area contributed by atoms with Gasteiger partial charge in [-0.25, -0.2) is 4.79 Å². The van der Waals surface area contributed by atoms with Crippen molar-refractivity contribution in [2.24, 2.45) is 5.92 Å². The molecule has 0 aliphatic carbocycles. The number of hydrogen-bond donors (Lipinski definition) is 1. The van der Waals surface area contributed by atoms with Crippen molar-refractivity contribution in [3.63, 3.8) is 0 Å². The molecule has 0 aromatic heterocycles. The van der Waals surface area contributed by atoms with Crippen LogP contribution >= 0.6 is 11.6 Å². The Morgan fingerprint density at radius 3 is 2.76 bits per heavy atom. The molecule has 3 rings (SSSR count). The van der Waals surface area contributed by atoms with E-state index in [4.69, 9.17) is 21.1 Å². The van der Waals surface area contributed by atoms with Gasteiger partial charge < -0.3 is 9.47 Å². The monoisotopic (exact) mass is 366 g/mol. The number of fused-ring (bicyclic) bond motifs is 2. The van der Waals surface area contributed by atoms with Crippen molar-refractivity contribution in [1.29, 1.82) is 0 Å². The van der Waals surface area contributed by atoms with Gasteiger partial charge in [-0.15, -0.1) is 0 Å². The van der Waals surface area contributed by atoms with Crippen LogP contribution < -0.4 is 5.32 Å². The van der Waals surface area contributed by atoms with Crippen molar-refractivity contribution in [2.45, 2.75) is 44.4 Å². The third-order valence-corrected chi connectivity index (χ3v) is 5.71. The smallest absolute Gasteiger partial charge is 0.411 e. The fourth-order valence-electron chi connectivity index (χ4n) is 4.05. The summed E-state index contributed by atoms with van der Waals surface area (Å²) < 4.78 is 10.6. The number of carbonyl (C=O) groups is 2. The number of nitrogens with zero attached hydrogens (tertiary/aromatic N) is 1. The molecule has 2 heterocycles. The zero-order valence-corrected chi connectivity index (χ0v) is 15.4. The van der Waals surface area contributed by atoms with Crippen LogP contribution in [0.25, 0.3) is 0 Å². The standard InChI is InChI=1S/C18H23ClN2O4/c1-10-5-4-6-12(19)16(10)20-18(23)25-14-9-11-7-8-13(21(11)2)15(14)17(22)24-3/h4-6,11,13-15H,7-9H2,1-3H3,(H,20,23)/t11-,13+,14+,15-/m1/s1. The van der Waals surface area contributed by atoms with E-state index in [1.807, 2.05) is 26.1 Å². The number of ether oxygens (including phenoxy) is 2. The Hall–Kier alpha value is -1.79. The van der Waals surface area contributed by atoms with E-state index in [-0.39, 0.29) is 12.0 Å². The lowest BCUT2D eigenvalue weighted by atomic mass is 9.87. The molecule has 2 bridgehead atoms. The number of para-hydroxylation sites is 1. The van der Waals surface area contributed by atoms with Gasteiger partial charge in [0, 0.05) is 18.5 Å². The predicted molar refractivity (Wildman–Crippen MR) is 94.8 cm³/mol. The third-order valence-electron chi connectivity index (χ3n) is 5.39. The van der Waals surface area contributed by atoms with Crippen molar-refractivity contribution in [3.8, 4) is 0 Å². The van der Waals surface area contributed by atoms with Crippen LogP contribution in [0.3, 0.4) is 0 Å². The van der Waals surface area contributed by atoms with E-state index in [1.165, 1.54) is 7.11 Å². The number of piperidine rings is 1. The van der Waals surface area contributed by atoms with E-state index in [2.05, 4.69) is 10.2 Å². The fraction of sp³-hybridized carbons (Fsp3) is 0.556. The van der Waals surface area contributed by atoms with Crippen molar-refractivity contribution in [1.82, 2.24) is 4.90 Å². The minimum atomic E-state index is -0.598. The quantitative estimate of drug-likeness (QED) is 0.832. The first-order chi connectivity index (χ1) is 11.9. The van der Waals surface area contributed by atoms with Crippen molar-refractivity contribution >= 4 is 29.4 Å². The Morgan fingerprint density at radius 2 is 2.08 bits per heavy atom. The molecule has 25 heavy (non-hydrogen) atoms. The largest absolute Gasteiger partial charge is 0.469 e. The van der Waals surface area contributed by atoms with Crippen molar-refractivity contribution < 1.29 is 19.1 Å². The second kappa shape index (κ2) is 7.22. The Kier molecular flexibility index (Phi) is 5.20. The first kappa shape index (κ1) is 18.0. The Bertz CT molecular complexity index is 661. The predicted octanol–water partition coefficient (Wildman–Crippen LogP) is 3.22. The van der Waals surface area contributed by atoms with E-state index in [9.17, 15) is 9.59 Å². The highest BCUT2D eigenvalue weighted by molar-refractivity contribution is 6.33. The van der Waals surface area contributed by atoms with Crippen LogP contribution in [0.2, 0.25) is 5.02 Å². The normalized spacial score (nSPS) is 28.5. The van der Waals surface area contributed by atoms with E-state index in [0.717, 1.165) is 18.4 Å². The summed E-state index contributed by atoms with van der Waals surface area (Å²) in [7, 11) is 3.38. The van der Waals surface area contributed by atoms with E-state index in [1.54, 1.807) is 6.07 Å². The average molecular weight is 367 g/mol. The molecule has 1 aromatic carbocycles. The number of aryl methyl sites for hydroxylation is 1. The van der Waals surface area contributed by atoms with Crippen LogP contribution in [0.5, 0.6) is 0 Å². The number of methoxy groups -OCH3 is 1. The number of halogens is 1. The van der Waals surface area contributed by atoms with Crippen LogP contribution in [0.4, 0.5) is 10.5 Å². The fourth-order valence-corrected chi connectivity index (χ4v) is 4.32. The summed E-state index contributed by atoms with van der Waals surface area (Å²) >= 11 is 6.14. The highest BCUT2D eigenvalue weighted by atomic mass is 35.5. The molecule has 2 aliphatic heterocycles. The number of benzene rings is 1. The van der Waals surface area contributed by atoms with E-state index >= 15 is 0 Å². The average Bonchev–Trinajstić information content (AvgIpc) is 2.81. The second-order valence-corrected chi connectivity index (χ2v) is 7.16. The second-order valence-electron chi connectivity index (χ2n) is 6.75. The van der Waals surface area contributed by atoms with E-state index in [0.29, 0.717) is 23.2 Å². The number of hydrogen-bond acceptors (Lipinski definition) is 5. The number of nitrogens with one attached hydrogen (secondary N) is 1. The molecule has 1 amide bonds. The summed E-state index contributed by atoms with van der Waals surface area (Å²) in [5.74, 6) is -0.796. The topological polar surface area (TPSA) is 67.9 Å². The summed E-state index contributed by atoms with van der Waals surface area (Å²) in [5.41, 5.74) is 1.37. The molecule has 136 valence electrons. The summed E-state index contributed by atoms with van der Waals surface area (Å²) in [6.45, 7) is 1.86. The van der Waals surface area contributed by atoms with Crippen molar-refractivity contribution in [3.05, 3.63) is 28.8 Å². The number of esters is 1. The van der Waals surface area contributed by atoms with Gasteiger partial charge >= 0.3 is 12.1 Å². The number of rotatable bonds is 3. The van der Waals surface area contributed by atoms with Crippen LogP contribution in [0, 0.1) is 12.8 Å². The third kappa shape index (κ3) is 3.46. The van der Waals surface area contributed by atoms with Crippen LogP contribution in [-0.2, 0) is 14.3 Å². The minimum absolute atomic E-state index is 0.0473. The molecule has 1 aromatic rings. The molecule has 4 atom stereocenters. The van der Waals surface area contributed by atoms with Gasteiger partial charge in [0.15, 0.2) is 0 Å². The summed E-state index contributed by atoms with van der Waals surface area (Å²) in [6.07, 6.45) is 1.44. The number of anilines is 1. The van der Waals surface area contributed by atoms with Gasteiger partial charge in [-0.05, 0) is 38.4 Å². The van der Waals surface area contributed by atoms with Crippen LogP contribution in [0.15, 0.2) is 18.2 Å². The first-order valence-corrected chi connectivity index (χ1v) is 8.82. The zero-order chi connectivity index (χ0) is 18.1. The summed E-state index contributed by atoms with van der Waals surface area (Å²) in [5, 5.41) is 3.15. The summed E-state index contributed by atoms with van der Waals surface area (Å²) in [6, 6.07) is 5.75. The van der Waals surface area contributed by atoms with Gasteiger partial charge in [-0.2, -0.15) is 0 Å². The molecule has 1 N–H and O–H groups in total. The lowest BCUT2D eigenvalue weighted by molar-refractivity contribution is -0.155. The van der Waals surface area contributed by atoms with Gasteiger partial charge in [-0.3, -0.25) is 15.0 Å². The maximum Gasteiger partial charge on any atom is 0.411 e. The van der Waals surface area contributed by atoms with Crippen LogP contribution in [0.1, 0.15) is 24.8 Å². The van der Waals surface area contributed by atoms with Gasteiger partial charge in [0.2, 0.25) is 0 Å². The molecule has 0 unspecified atom stereocenters. The lowest BCUT2D eigenvalue weighted by Gasteiger charge is -2.40. The molecule has 0 saturated carbocycles. The summed E-state index contributed by atoms with van der Waals surface area (Å²) in [4.78, 5) is 26.9. The first-order valence-electron chi connectivity index (χ1n) is 8.45. The SMILES string of the molecule is COC(=O)[C@H]1[C@@H](OC(=O)Nc2c(C)cccc2Cl)C[C@H]2CC[C@@H]1N2C. The molecule has 0 spiro atoms. The van der Waals surface area contributed by atoms with Gasteiger partial charge in [-0.1, -0.05) is 23.7 Å². The Morgan fingerprint density at radius 1 is 1.32 bits per heavy atom. The molecule has 2 fully saturated rings. The number of amides is 1. The molecule has 2 aliphatic rings. The molecule has 7 heteroatoms.